The van der Waals surface area contributed by atoms with Gasteiger partial charge in [-0.3, -0.25) is 4.79 Å². The molecule has 0 atom stereocenters. The summed E-state index contributed by atoms with van der Waals surface area (Å²) in [4.78, 5) is 12.8. The second-order valence-corrected chi connectivity index (χ2v) is 8.37. The smallest absolute Gasteiger partial charge is 0.266 e. The number of hydrogen-bond donors (Lipinski definition) is 1. The molecule has 0 aliphatic carbocycles. The number of halogens is 1. The van der Waals surface area contributed by atoms with Gasteiger partial charge in [-0.1, -0.05) is 29.8 Å². The molecule has 37 heavy (non-hydrogen) atoms. The highest BCUT2D eigenvalue weighted by atomic mass is 35.5. The number of benzene rings is 3. The van der Waals surface area contributed by atoms with Gasteiger partial charge in [0.1, 0.15) is 24.0 Å². The summed E-state index contributed by atoms with van der Waals surface area (Å²) >= 11 is 5.98. The van der Waals surface area contributed by atoms with Gasteiger partial charge >= 0.3 is 0 Å². The Balaban J connectivity index is 1.87. The number of hydrogen-bond acceptors (Lipinski definition) is 5. The molecule has 1 amide bonds. The summed E-state index contributed by atoms with van der Waals surface area (Å²) in [6.45, 7) is 8.92. The summed E-state index contributed by atoms with van der Waals surface area (Å²) < 4.78 is 17.4. The first kappa shape index (κ1) is 27.4. The Kier molecular flexibility index (Phi) is 10.2. The molecule has 3 aromatic rings. The number of nitrogens with zero attached hydrogens (tertiary/aromatic N) is 1. The van der Waals surface area contributed by atoms with Gasteiger partial charge in [0.25, 0.3) is 5.91 Å². The molecule has 0 spiro atoms. The molecular formula is C30H29ClN2O4. The van der Waals surface area contributed by atoms with Gasteiger partial charge in [-0.25, -0.2) is 0 Å². The third-order valence-corrected chi connectivity index (χ3v) is 5.47. The molecule has 1 N–H and O–H groups in total. The summed E-state index contributed by atoms with van der Waals surface area (Å²) in [5.41, 5.74) is 2.93. The van der Waals surface area contributed by atoms with E-state index in [1.54, 1.807) is 36.4 Å². The molecule has 3 aromatic carbocycles. The topological polar surface area (TPSA) is 80.6 Å². The number of nitriles is 1. The molecule has 190 valence electrons. The fourth-order valence-corrected chi connectivity index (χ4v) is 3.68. The lowest BCUT2D eigenvalue weighted by molar-refractivity contribution is -0.112. The van der Waals surface area contributed by atoms with Crippen LogP contribution in [0.25, 0.3) is 6.08 Å². The number of carbonyl (C=O) groups is 1. The Bertz CT molecular complexity index is 1290. The lowest BCUT2D eigenvalue weighted by atomic mass is 10.0. The molecule has 0 bridgehead atoms. The molecule has 0 radical (unpaired) electrons. The number of nitrogens with one attached hydrogen (secondary N) is 1. The molecule has 0 unspecified atom stereocenters. The fraction of sp³-hybridized carbons (Fsp3) is 0.200. The van der Waals surface area contributed by atoms with E-state index in [2.05, 4.69) is 11.9 Å². The van der Waals surface area contributed by atoms with E-state index in [0.29, 0.717) is 59.8 Å². The quantitative estimate of drug-likeness (QED) is 0.159. The van der Waals surface area contributed by atoms with Crippen LogP contribution < -0.4 is 19.5 Å². The molecule has 0 aliphatic rings. The van der Waals surface area contributed by atoms with Crippen molar-refractivity contribution in [2.24, 2.45) is 0 Å². The van der Waals surface area contributed by atoms with Gasteiger partial charge in [-0.05, 0) is 86.0 Å². The Labute approximate surface area is 222 Å². The van der Waals surface area contributed by atoms with Crippen LogP contribution in [0.3, 0.4) is 0 Å². The van der Waals surface area contributed by atoms with E-state index >= 15 is 0 Å². The van der Waals surface area contributed by atoms with Crippen LogP contribution in [0.1, 0.15) is 30.5 Å². The first-order valence-electron chi connectivity index (χ1n) is 11.9. The molecule has 6 nitrogen and oxygen atoms in total. The second-order valence-electron chi connectivity index (χ2n) is 7.93. The largest absolute Gasteiger partial charge is 0.494 e. The highest BCUT2D eigenvalue weighted by molar-refractivity contribution is 6.30. The van der Waals surface area contributed by atoms with Gasteiger partial charge in [0.15, 0.2) is 11.5 Å². The van der Waals surface area contributed by atoms with E-state index < -0.39 is 5.91 Å². The highest BCUT2D eigenvalue weighted by Crippen LogP contribution is 2.35. The van der Waals surface area contributed by atoms with Crippen LogP contribution >= 0.6 is 11.6 Å². The average molecular weight is 517 g/mol. The molecule has 3 rings (SSSR count). The highest BCUT2D eigenvalue weighted by Gasteiger charge is 2.16. The Morgan fingerprint density at radius 2 is 1.73 bits per heavy atom. The first-order valence-corrected chi connectivity index (χ1v) is 12.3. The van der Waals surface area contributed by atoms with Crippen LogP contribution in [0.4, 0.5) is 5.69 Å². The van der Waals surface area contributed by atoms with Crippen LogP contribution in [0.15, 0.2) is 78.9 Å². The predicted molar refractivity (Wildman–Crippen MR) is 147 cm³/mol. The maximum atomic E-state index is 12.8. The van der Waals surface area contributed by atoms with Crippen molar-refractivity contribution in [2.75, 3.05) is 18.5 Å². The predicted octanol–water partition coefficient (Wildman–Crippen LogP) is 6.99. The van der Waals surface area contributed by atoms with Crippen molar-refractivity contribution in [1.29, 1.82) is 5.26 Å². The van der Waals surface area contributed by atoms with Crippen molar-refractivity contribution in [2.45, 2.75) is 26.9 Å². The molecule has 0 saturated carbocycles. The number of allylic oxidation sites excluding steroid dienone is 1. The summed E-state index contributed by atoms with van der Waals surface area (Å²) in [5.74, 6) is 1.29. The zero-order chi connectivity index (χ0) is 26.6. The van der Waals surface area contributed by atoms with Crippen LogP contribution in [0.5, 0.6) is 17.2 Å². The van der Waals surface area contributed by atoms with Gasteiger partial charge < -0.3 is 19.5 Å². The third kappa shape index (κ3) is 7.89. The Morgan fingerprint density at radius 1 is 1.03 bits per heavy atom. The minimum atomic E-state index is -0.516. The van der Waals surface area contributed by atoms with E-state index in [4.69, 9.17) is 25.8 Å². The van der Waals surface area contributed by atoms with Crippen molar-refractivity contribution in [1.82, 2.24) is 0 Å². The van der Waals surface area contributed by atoms with E-state index in [1.165, 1.54) is 6.08 Å². The normalized spacial score (nSPS) is 10.8. The monoisotopic (exact) mass is 516 g/mol. The summed E-state index contributed by atoms with van der Waals surface area (Å²) in [6, 6.07) is 20.0. The van der Waals surface area contributed by atoms with Gasteiger partial charge in [0.05, 0.1) is 13.2 Å². The lowest BCUT2D eigenvalue weighted by Crippen LogP contribution is -2.13. The number of carbonyl (C=O) groups excluding carboxylic acids is 1. The molecule has 0 aromatic heterocycles. The van der Waals surface area contributed by atoms with Crippen molar-refractivity contribution >= 4 is 29.3 Å². The fourth-order valence-electron chi connectivity index (χ4n) is 3.55. The van der Waals surface area contributed by atoms with E-state index in [0.717, 1.165) is 11.1 Å². The second kappa shape index (κ2) is 13.8. The van der Waals surface area contributed by atoms with Crippen LogP contribution in [-0.4, -0.2) is 19.1 Å². The number of amides is 1. The minimum Gasteiger partial charge on any atom is -0.494 e. The van der Waals surface area contributed by atoms with E-state index in [-0.39, 0.29) is 5.57 Å². The van der Waals surface area contributed by atoms with Crippen molar-refractivity contribution < 1.29 is 19.0 Å². The van der Waals surface area contributed by atoms with Crippen LogP contribution in [0, 0.1) is 11.3 Å². The van der Waals surface area contributed by atoms with E-state index in [9.17, 15) is 10.1 Å². The maximum Gasteiger partial charge on any atom is 0.266 e. The molecular weight excluding hydrogens is 488 g/mol. The van der Waals surface area contributed by atoms with Crippen LogP contribution in [0.2, 0.25) is 5.02 Å². The van der Waals surface area contributed by atoms with Gasteiger partial charge in [0, 0.05) is 16.3 Å². The van der Waals surface area contributed by atoms with Crippen LogP contribution in [-0.2, 0) is 17.8 Å². The maximum absolute atomic E-state index is 12.8. The van der Waals surface area contributed by atoms with Crippen molar-refractivity contribution in [3.8, 4) is 23.3 Å². The van der Waals surface area contributed by atoms with Gasteiger partial charge in [0.2, 0.25) is 0 Å². The molecule has 0 heterocycles. The molecule has 0 aliphatic heterocycles. The number of rotatable bonds is 12. The summed E-state index contributed by atoms with van der Waals surface area (Å²) in [6.07, 6.45) is 3.80. The molecule has 0 fully saturated rings. The number of ether oxygens (including phenoxy) is 3. The molecule has 7 heteroatoms. The lowest BCUT2D eigenvalue weighted by Gasteiger charge is -2.17. The van der Waals surface area contributed by atoms with Crippen molar-refractivity contribution in [3.05, 3.63) is 101 Å². The minimum absolute atomic E-state index is 0.0456. The number of anilines is 1. The van der Waals surface area contributed by atoms with Gasteiger partial charge in [-0.2, -0.15) is 5.26 Å². The Hall–Kier alpha value is -4.21. The van der Waals surface area contributed by atoms with Crippen molar-refractivity contribution in [3.63, 3.8) is 0 Å². The SMILES string of the molecule is C=CCc1cc(/C=C(/C#N)C(=O)Nc2ccc(OCC)cc2)cc(OCC)c1OCc1ccc(Cl)cc1. The average Bonchev–Trinajstić information content (AvgIpc) is 2.89. The third-order valence-electron chi connectivity index (χ3n) is 5.21. The zero-order valence-corrected chi connectivity index (χ0v) is 21.7. The standard InChI is InChI=1S/C30H29ClN2O4/c1-4-7-23-16-22(17-24(19-32)30(34)33-26-12-14-27(15-13-26)35-5-2)18-28(36-6-3)29(23)37-20-21-8-10-25(31)11-9-21/h4,8-18H,1,5-7,20H2,2-3H3,(H,33,34)/b24-17-. The van der Waals surface area contributed by atoms with E-state index in [1.807, 2.05) is 50.2 Å². The molecule has 0 saturated heterocycles. The summed E-state index contributed by atoms with van der Waals surface area (Å²) in [5, 5.41) is 13.1. The summed E-state index contributed by atoms with van der Waals surface area (Å²) in [7, 11) is 0. The zero-order valence-electron chi connectivity index (χ0n) is 20.9. The Morgan fingerprint density at radius 3 is 2.35 bits per heavy atom. The first-order chi connectivity index (χ1) is 18.0. The van der Waals surface area contributed by atoms with Gasteiger partial charge in [-0.15, -0.1) is 6.58 Å².